The Balaban J connectivity index is 2.52. The lowest BCUT2D eigenvalue weighted by Crippen LogP contribution is -2.16. The van der Waals surface area contributed by atoms with E-state index >= 15 is 0 Å². The molecule has 2 N–H and O–H groups in total. The second kappa shape index (κ2) is 7.86. The molecule has 1 rings (SSSR count). The van der Waals surface area contributed by atoms with Gasteiger partial charge >= 0.3 is 0 Å². The molecule has 0 aliphatic heterocycles. The van der Waals surface area contributed by atoms with E-state index in [1.54, 1.807) is 26.5 Å². The van der Waals surface area contributed by atoms with Gasteiger partial charge in [-0.15, -0.1) is 0 Å². The Morgan fingerprint density at radius 2 is 2.12 bits per heavy atom. The van der Waals surface area contributed by atoms with Gasteiger partial charge in [-0.1, -0.05) is 0 Å². The maximum absolute atomic E-state index is 8.66. The number of unbranched alkanes of at least 4 members (excludes halogenated alkanes) is 1. The van der Waals surface area contributed by atoms with Crippen LogP contribution in [-0.2, 0) is 6.54 Å². The van der Waals surface area contributed by atoms with E-state index in [1.165, 1.54) is 0 Å². The summed E-state index contributed by atoms with van der Waals surface area (Å²) in [7, 11) is 3.21. The van der Waals surface area contributed by atoms with Gasteiger partial charge in [0.1, 0.15) is 0 Å². The first-order chi connectivity index (χ1) is 8.33. The van der Waals surface area contributed by atoms with Gasteiger partial charge in [-0.05, 0) is 19.4 Å². The van der Waals surface area contributed by atoms with Gasteiger partial charge < -0.3 is 19.9 Å². The molecule has 96 valence electrons. The van der Waals surface area contributed by atoms with Gasteiger partial charge in [0.05, 0.1) is 19.9 Å². The molecular weight excluding hydrogens is 220 g/mol. The maximum Gasteiger partial charge on any atom is 0.183 e. The number of aliphatic hydroxyl groups excluding tert-OH is 1. The number of ether oxygens (including phenoxy) is 2. The lowest BCUT2D eigenvalue weighted by atomic mass is 10.3. The normalized spacial score (nSPS) is 10.3. The average Bonchev–Trinajstić information content (AvgIpc) is 2.38. The number of aliphatic hydroxyl groups is 1. The number of methoxy groups -OCH3 is 2. The van der Waals surface area contributed by atoms with E-state index < -0.39 is 0 Å². The summed E-state index contributed by atoms with van der Waals surface area (Å²) in [5.74, 6) is 1.36. The number of hydrogen-bond donors (Lipinski definition) is 2. The number of pyridine rings is 1. The maximum atomic E-state index is 8.66. The minimum Gasteiger partial charge on any atom is -0.493 e. The zero-order valence-electron chi connectivity index (χ0n) is 10.4. The smallest absolute Gasteiger partial charge is 0.183 e. The predicted octanol–water partition coefficient (Wildman–Crippen LogP) is 0.961. The SMILES string of the molecule is COc1ccnc(CNCCCCO)c1OC. The van der Waals surface area contributed by atoms with Crippen LogP contribution in [0.2, 0.25) is 0 Å². The Kier molecular flexibility index (Phi) is 6.35. The van der Waals surface area contributed by atoms with Crippen LogP contribution >= 0.6 is 0 Å². The lowest BCUT2D eigenvalue weighted by Gasteiger charge is -2.11. The van der Waals surface area contributed by atoms with Crippen LogP contribution in [0.5, 0.6) is 11.5 Å². The van der Waals surface area contributed by atoms with Crippen molar-refractivity contribution >= 4 is 0 Å². The molecule has 1 aromatic heterocycles. The molecule has 0 aliphatic carbocycles. The van der Waals surface area contributed by atoms with E-state index in [0.29, 0.717) is 18.0 Å². The van der Waals surface area contributed by atoms with Crippen molar-refractivity contribution in [3.63, 3.8) is 0 Å². The third-order valence-electron chi connectivity index (χ3n) is 2.42. The van der Waals surface area contributed by atoms with Crippen LogP contribution < -0.4 is 14.8 Å². The summed E-state index contributed by atoms with van der Waals surface area (Å²) in [5.41, 5.74) is 0.829. The number of rotatable bonds is 8. The van der Waals surface area contributed by atoms with Crippen molar-refractivity contribution in [2.75, 3.05) is 27.4 Å². The van der Waals surface area contributed by atoms with Crippen LogP contribution in [0, 0.1) is 0 Å². The summed E-state index contributed by atoms with van der Waals surface area (Å²) in [5, 5.41) is 11.9. The number of hydrogen-bond acceptors (Lipinski definition) is 5. The molecule has 0 aliphatic rings. The van der Waals surface area contributed by atoms with E-state index in [0.717, 1.165) is 25.1 Å². The molecule has 1 heterocycles. The molecule has 0 fully saturated rings. The Labute approximate surface area is 102 Å². The van der Waals surface area contributed by atoms with Gasteiger partial charge in [-0.2, -0.15) is 0 Å². The molecule has 0 unspecified atom stereocenters. The van der Waals surface area contributed by atoms with Crippen molar-refractivity contribution in [2.24, 2.45) is 0 Å². The highest BCUT2D eigenvalue weighted by molar-refractivity contribution is 5.42. The fourth-order valence-corrected chi connectivity index (χ4v) is 1.55. The summed E-state index contributed by atoms with van der Waals surface area (Å²) >= 11 is 0. The molecule has 0 radical (unpaired) electrons. The fraction of sp³-hybridized carbons (Fsp3) is 0.583. The number of nitrogens with zero attached hydrogens (tertiary/aromatic N) is 1. The topological polar surface area (TPSA) is 63.6 Å². The van der Waals surface area contributed by atoms with Gasteiger partial charge in [0.25, 0.3) is 0 Å². The van der Waals surface area contributed by atoms with Crippen molar-refractivity contribution in [3.8, 4) is 11.5 Å². The summed E-state index contributed by atoms with van der Waals surface area (Å²) < 4.78 is 10.5. The van der Waals surface area contributed by atoms with E-state index in [-0.39, 0.29) is 6.61 Å². The Bertz CT molecular complexity index is 332. The molecule has 0 aromatic carbocycles. The molecule has 0 bridgehead atoms. The van der Waals surface area contributed by atoms with Crippen LogP contribution in [0.3, 0.4) is 0 Å². The van der Waals surface area contributed by atoms with E-state index in [4.69, 9.17) is 14.6 Å². The minimum absolute atomic E-state index is 0.239. The first-order valence-electron chi connectivity index (χ1n) is 5.71. The summed E-state index contributed by atoms with van der Waals surface area (Å²) in [6.45, 7) is 1.72. The first-order valence-corrected chi connectivity index (χ1v) is 5.71. The highest BCUT2D eigenvalue weighted by Crippen LogP contribution is 2.28. The zero-order valence-corrected chi connectivity index (χ0v) is 10.4. The van der Waals surface area contributed by atoms with Gasteiger partial charge in [-0.25, -0.2) is 0 Å². The van der Waals surface area contributed by atoms with Crippen molar-refractivity contribution < 1.29 is 14.6 Å². The largest absolute Gasteiger partial charge is 0.493 e. The van der Waals surface area contributed by atoms with Crippen molar-refractivity contribution in [2.45, 2.75) is 19.4 Å². The minimum atomic E-state index is 0.239. The van der Waals surface area contributed by atoms with Crippen LogP contribution in [-0.4, -0.2) is 37.5 Å². The number of nitrogens with one attached hydrogen (secondary N) is 1. The van der Waals surface area contributed by atoms with Crippen molar-refractivity contribution in [1.29, 1.82) is 0 Å². The molecule has 1 aromatic rings. The molecule has 0 amide bonds. The lowest BCUT2D eigenvalue weighted by molar-refractivity contribution is 0.283. The summed E-state index contributed by atoms with van der Waals surface area (Å²) in [4.78, 5) is 4.26. The third kappa shape index (κ3) is 4.20. The average molecular weight is 240 g/mol. The Morgan fingerprint density at radius 1 is 1.29 bits per heavy atom. The van der Waals surface area contributed by atoms with E-state index in [1.807, 2.05) is 0 Å². The molecule has 5 nitrogen and oxygen atoms in total. The fourth-order valence-electron chi connectivity index (χ4n) is 1.55. The zero-order chi connectivity index (χ0) is 12.5. The first kappa shape index (κ1) is 13.7. The van der Waals surface area contributed by atoms with Gasteiger partial charge in [0.2, 0.25) is 0 Å². The highest BCUT2D eigenvalue weighted by Gasteiger charge is 2.09. The molecule has 0 spiro atoms. The van der Waals surface area contributed by atoms with Gasteiger partial charge in [0.15, 0.2) is 11.5 Å². The summed E-state index contributed by atoms with van der Waals surface area (Å²) in [6, 6.07) is 1.77. The van der Waals surface area contributed by atoms with Gasteiger partial charge in [-0.3, -0.25) is 4.98 Å². The highest BCUT2D eigenvalue weighted by atomic mass is 16.5. The molecule has 0 saturated heterocycles. The van der Waals surface area contributed by atoms with Crippen molar-refractivity contribution in [1.82, 2.24) is 10.3 Å². The van der Waals surface area contributed by atoms with Crippen LogP contribution in [0.15, 0.2) is 12.3 Å². The summed E-state index contributed by atoms with van der Waals surface area (Å²) in [6.07, 6.45) is 3.46. The third-order valence-corrected chi connectivity index (χ3v) is 2.42. The van der Waals surface area contributed by atoms with E-state index in [2.05, 4.69) is 10.3 Å². The monoisotopic (exact) mass is 240 g/mol. The predicted molar refractivity (Wildman–Crippen MR) is 65.4 cm³/mol. The Morgan fingerprint density at radius 3 is 2.76 bits per heavy atom. The quantitative estimate of drug-likeness (QED) is 0.663. The van der Waals surface area contributed by atoms with Gasteiger partial charge in [0, 0.05) is 25.4 Å². The van der Waals surface area contributed by atoms with E-state index in [9.17, 15) is 0 Å². The Hall–Kier alpha value is -1.33. The molecule has 0 saturated carbocycles. The van der Waals surface area contributed by atoms with Crippen LogP contribution in [0.1, 0.15) is 18.5 Å². The molecule has 0 atom stereocenters. The second-order valence-electron chi connectivity index (χ2n) is 3.60. The second-order valence-corrected chi connectivity index (χ2v) is 3.60. The van der Waals surface area contributed by atoms with Crippen LogP contribution in [0.4, 0.5) is 0 Å². The van der Waals surface area contributed by atoms with Crippen molar-refractivity contribution in [3.05, 3.63) is 18.0 Å². The molecule has 17 heavy (non-hydrogen) atoms. The standard InChI is InChI=1S/C12H20N2O3/c1-16-11-5-7-14-10(12(11)17-2)9-13-6-3-4-8-15/h5,7,13,15H,3-4,6,8-9H2,1-2H3. The molecule has 5 heteroatoms. The number of aromatic nitrogens is 1. The molecular formula is C12H20N2O3. The van der Waals surface area contributed by atoms with Crippen LogP contribution in [0.25, 0.3) is 0 Å².